The maximum Gasteiger partial charge on any atom is 0.337 e. The lowest BCUT2D eigenvalue weighted by Gasteiger charge is -2.40. The number of hydrogen-bond donors (Lipinski definition) is 1. The Morgan fingerprint density at radius 3 is 2.80 bits per heavy atom. The summed E-state index contributed by atoms with van der Waals surface area (Å²) in [5.74, 6) is -1.58. The molecule has 0 unspecified atom stereocenters. The van der Waals surface area contributed by atoms with E-state index >= 15 is 0 Å². The van der Waals surface area contributed by atoms with Gasteiger partial charge in [-0.05, 0) is 18.6 Å². The highest BCUT2D eigenvalue weighted by molar-refractivity contribution is 6.34. The van der Waals surface area contributed by atoms with E-state index in [0.717, 1.165) is 19.4 Å². The minimum absolute atomic E-state index is 0.215. The summed E-state index contributed by atoms with van der Waals surface area (Å²) in [5.41, 5.74) is 0.771. The lowest BCUT2D eigenvalue weighted by molar-refractivity contribution is -0.161. The van der Waals surface area contributed by atoms with Crippen LogP contribution in [0.15, 0.2) is 18.2 Å². The summed E-state index contributed by atoms with van der Waals surface area (Å²) >= 11 is 6.22. The molecule has 1 spiro atoms. The van der Waals surface area contributed by atoms with Gasteiger partial charge in [-0.3, -0.25) is 0 Å². The number of piperidine rings is 1. The predicted octanol–water partition coefficient (Wildman–Crippen LogP) is 2.38. The molecule has 3 rings (SSSR count). The summed E-state index contributed by atoms with van der Waals surface area (Å²) in [4.78, 5) is 13.3. The molecule has 2 heterocycles. The molecule has 0 atom stereocenters. The molecule has 2 aliphatic heterocycles. The first-order valence-corrected chi connectivity index (χ1v) is 7.04. The summed E-state index contributed by atoms with van der Waals surface area (Å²) in [7, 11) is 0. The monoisotopic (exact) mass is 297 g/mol. The molecule has 0 aromatic heterocycles. The van der Waals surface area contributed by atoms with Crippen molar-refractivity contribution in [3.63, 3.8) is 0 Å². The van der Waals surface area contributed by atoms with Crippen LogP contribution in [0.5, 0.6) is 0 Å². The highest BCUT2D eigenvalue weighted by atomic mass is 35.5. The van der Waals surface area contributed by atoms with Crippen molar-refractivity contribution in [1.82, 2.24) is 0 Å². The number of carbonyl (C=O) groups is 1. The van der Waals surface area contributed by atoms with Crippen LogP contribution in [0.4, 0.5) is 5.69 Å². The van der Waals surface area contributed by atoms with Crippen LogP contribution in [-0.4, -0.2) is 43.2 Å². The van der Waals surface area contributed by atoms with Gasteiger partial charge >= 0.3 is 5.97 Å². The number of aromatic carboxylic acids is 1. The molecule has 1 aromatic rings. The van der Waals surface area contributed by atoms with Gasteiger partial charge in [-0.25, -0.2) is 4.79 Å². The Labute approximate surface area is 122 Å². The Bertz CT molecular complexity index is 528. The van der Waals surface area contributed by atoms with Crippen molar-refractivity contribution in [2.45, 2.75) is 18.6 Å². The molecule has 0 aliphatic carbocycles. The maximum absolute atomic E-state index is 11.4. The number of carboxylic acids is 1. The van der Waals surface area contributed by atoms with Gasteiger partial charge in [0.25, 0.3) is 0 Å². The topological polar surface area (TPSA) is 59.0 Å². The molecule has 2 fully saturated rings. The van der Waals surface area contributed by atoms with Crippen LogP contribution in [0, 0.1) is 0 Å². The van der Waals surface area contributed by atoms with Gasteiger partial charge in [0.1, 0.15) is 0 Å². The maximum atomic E-state index is 11.4. The van der Waals surface area contributed by atoms with Crippen molar-refractivity contribution in [2.24, 2.45) is 0 Å². The smallest absolute Gasteiger partial charge is 0.337 e. The number of anilines is 1. The van der Waals surface area contributed by atoms with Crippen molar-refractivity contribution < 1.29 is 19.4 Å². The third-order valence-corrected chi connectivity index (χ3v) is 4.07. The van der Waals surface area contributed by atoms with Gasteiger partial charge in [0.05, 0.1) is 36.0 Å². The van der Waals surface area contributed by atoms with Crippen molar-refractivity contribution in [1.29, 1.82) is 0 Å². The van der Waals surface area contributed by atoms with E-state index in [9.17, 15) is 9.90 Å². The minimum Gasteiger partial charge on any atom is -0.478 e. The third kappa shape index (κ3) is 2.37. The molecular formula is C14H16ClNO4. The standard InChI is InChI=1S/C14H16ClNO4/c15-11-4-1-3-10(13(17)18)12(11)16-6-2-5-14(9-16)19-7-8-20-14/h1,3-4H,2,5-9H2,(H,17,18). The summed E-state index contributed by atoms with van der Waals surface area (Å²) in [6, 6.07) is 4.93. The number of carboxylic acid groups (broad SMARTS) is 1. The van der Waals surface area contributed by atoms with E-state index in [4.69, 9.17) is 21.1 Å². The van der Waals surface area contributed by atoms with Crippen LogP contribution >= 0.6 is 11.6 Å². The SMILES string of the molecule is O=C(O)c1cccc(Cl)c1N1CCCC2(C1)OCCO2. The summed E-state index contributed by atoms with van der Waals surface area (Å²) in [5, 5.41) is 9.77. The van der Waals surface area contributed by atoms with E-state index < -0.39 is 11.8 Å². The zero-order valence-electron chi connectivity index (χ0n) is 11.0. The second-order valence-corrected chi connectivity index (χ2v) is 5.48. The number of halogens is 1. The van der Waals surface area contributed by atoms with Gasteiger partial charge in [-0.1, -0.05) is 17.7 Å². The van der Waals surface area contributed by atoms with Crippen LogP contribution in [0.25, 0.3) is 0 Å². The van der Waals surface area contributed by atoms with Crippen LogP contribution in [0.3, 0.4) is 0 Å². The van der Waals surface area contributed by atoms with Crippen LogP contribution in [0.2, 0.25) is 5.02 Å². The number of benzene rings is 1. The van der Waals surface area contributed by atoms with Crippen molar-refractivity contribution >= 4 is 23.3 Å². The van der Waals surface area contributed by atoms with E-state index in [0.29, 0.717) is 30.5 Å². The van der Waals surface area contributed by atoms with Crippen molar-refractivity contribution in [3.8, 4) is 0 Å². The van der Waals surface area contributed by atoms with E-state index in [1.165, 1.54) is 0 Å². The lowest BCUT2D eigenvalue weighted by Crippen LogP contribution is -2.49. The Morgan fingerprint density at radius 1 is 1.35 bits per heavy atom. The molecule has 0 radical (unpaired) electrons. The number of nitrogens with zero attached hydrogens (tertiary/aromatic N) is 1. The summed E-state index contributed by atoms with van der Waals surface area (Å²) in [6.07, 6.45) is 1.71. The van der Waals surface area contributed by atoms with Crippen molar-refractivity contribution in [2.75, 3.05) is 31.2 Å². The number of rotatable bonds is 2. The largest absolute Gasteiger partial charge is 0.478 e. The van der Waals surface area contributed by atoms with Gasteiger partial charge in [0.2, 0.25) is 0 Å². The minimum atomic E-state index is -0.976. The normalized spacial score (nSPS) is 21.4. The first-order valence-electron chi connectivity index (χ1n) is 6.66. The lowest BCUT2D eigenvalue weighted by atomic mass is 10.0. The summed E-state index contributed by atoms with van der Waals surface area (Å²) < 4.78 is 11.4. The average molecular weight is 298 g/mol. The van der Waals surface area contributed by atoms with Crippen LogP contribution < -0.4 is 4.90 Å². The molecule has 5 nitrogen and oxygen atoms in total. The zero-order chi connectivity index (χ0) is 14.2. The Morgan fingerprint density at radius 2 is 2.10 bits per heavy atom. The van der Waals surface area contributed by atoms with Crippen LogP contribution in [0.1, 0.15) is 23.2 Å². The molecule has 0 bridgehead atoms. The molecule has 6 heteroatoms. The highest BCUT2D eigenvalue weighted by Gasteiger charge is 2.41. The predicted molar refractivity (Wildman–Crippen MR) is 74.5 cm³/mol. The average Bonchev–Trinajstić information content (AvgIpc) is 2.86. The van der Waals surface area contributed by atoms with E-state index in [1.807, 2.05) is 4.90 Å². The quantitative estimate of drug-likeness (QED) is 0.908. The highest BCUT2D eigenvalue weighted by Crippen LogP contribution is 2.37. The van der Waals surface area contributed by atoms with Gasteiger partial charge in [-0.15, -0.1) is 0 Å². The fraction of sp³-hybridized carbons (Fsp3) is 0.500. The molecule has 1 N–H and O–H groups in total. The Balaban J connectivity index is 1.94. The van der Waals surface area contributed by atoms with E-state index in [2.05, 4.69) is 0 Å². The van der Waals surface area contributed by atoms with Crippen LogP contribution in [-0.2, 0) is 9.47 Å². The van der Waals surface area contributed by atoms with E-state index in [1.54, 1.807) is 18.2 Å². The fourth-order valence-corrected chi connectivity index (χ4v) is 3.22. The zero-order valence-corrected chi connectivity index (χ0v) is 11.7. The van der Waals surface area contributed by atoms with Gasteiger partial charge in [0, 0.05) is 13.0 Å². The number of hydrogen-bond acceptors (Lipinski definition) is 4. The molecule has 2 aliphatic rings. The fourth-order valence-electron chi connectivity index (χ4n) is 2.92. The molecular weight excluding hydrogens is 282 g/mol. The molecule has 0 saturated carbocycles. The summed E-state index contributed by atoms with van der Waals surface area (Å²) in [6.45, 7) is 2.43. The number of ether oxygens (including phenoxy) is 2. The van der Waals surface area contributed by atoms with Crippen molar-refractivity contribution in [3.05, 3.63) is 28.8 Å². The first kappa shape index (κ1) is 13.7. The molecule has 108 valence electrons. The second-order valence-electron chi connectivity index (χ2n) is 5.07. The second kappa shape index (κ2) is 5.24. The van der Waals surface area contributed by atoms with E-state index in [-0.39, 0.29) is 5.56 Å². The first-order chi connectivity index (χ1) is 9.61. The van der Waals surface area contributed by atoms with Gasteiger partial charge in [0.15, 0.2) is 5.79 Å². The third-order valence-electron chi connectivity index (χ3n) is 3.76. The molecule has 2 saturated heterocycles. The Kier molecular flexibility index (Phi) is 3.58. The van der Waals surface area contributed by atoms with Gasteiger partial charge < -0.3 is 19.5 Å². The molecule has 0 amide bonds. The molecule has 20 heavy (non-hydrogen) atoms. The molecule has 1 aromatic carbocycles. The Hall–Kier alpha value is -1.30. The van der Waals surface area contributed by atoms with Gasteiger partial charge in [-0.2, -0.15) is 0 Å². The number of para-hydroxylation sites is 1.